The van der Waals surface area contributed by atoms with E-state index in [1.54, 1.807) is 0 Å². The summed E-state index contributed by atoms with van der Waals surface area (Å²) >= 11 is 3.91. The highest BCUT2D eigenvalue weighted by atomic mass is 32.2. The highest BCUT2D eigenvalue weighted by molar-refractivity contribution is 7.99. The molecule has 2 atom stereocenters. The minimum absolute atomic E-state index is 0.562. The van der Waals surface area contributed by atoms with Crippen LogP contribution < -0.4 is 5.32 Å². The zero-order valence-corrected chi connectivity index (χ0v) is 11.5. The zero-order chi connectivity index (χ0) is 11.4. The Balaban J connectivity index is 2.01. The summed E-state index contributed by atoms with van der Waals surface area (Å²) in [4.78, 5) is 1.46. The molecule has 16 heavy (non-hydrogen) atoms. The molecular formula is C13H19NS2. The predicted molar refractivity (Wildman–Crippen MR) is 75.5 cm³/mol. The number of hydrogen-bond donors (Lipinski definition) is 1. The monoisotopic (exact) mass is 253 g/mol. The molecule has 0 fully saturated rings. The van der Waals surface area contributed by atoms with Gasteiger partial charge in [-0.1, -0.05) is 25.1 Å². The molecule has 1 heterocycles. The minimum Gasteiger partial charge on any atom is -0.309 e. The first-order valence-electron chi connectivity index (χ1n) is 5.79. The fourth-order valence-electron chi connectivity index (χ4n) is 1.95. The first-order chi connectivity index (χ1) is 7.81. The summed E-state index contributed by atoms with van der Waals surface area (Å²) in [5.41, 5.74) is 1.49. The first kappa shape index (κ1) is 12.3. The fraction of sp³-hybridized carbons (Fsp3) is 0.538. The molecule has 0 bridgehead atoms. The topological polar surface area (TPSA) is 12.0 Å². The summed E-state index contributed by atoms with van der Waals surface area (Å²) in [5, 5.41) is 4.39. The molecule has 88 valence electrons. The Morgan fingerprint density at radius 2 is 2.31 bits per heavy atom. The molecule has 1 aromatic rings. The van der Waals surface area contributed by atoms with Crippen molar-refractivity contribution in [1.82, 2.24) is 5.32 Å². The minimum atomic E-state index is 0.562. The van der Waals surface area contributed by atoms with Gasteiger partial charge in [-0.3, -0.25) is 0 Å². The van der Waals surface area contributed by atoms with E-state index in [0.29, 0.717) is 11.3 Å². The molecule has 3 heteroatoms. The van der Waals surface area contributed by atoms with E-state index < -0.39 is 0 Å². The molecule has 2 unspecified atom stereocenters. The maximum Gasteiger partial charge on any atom is 0.0339 e. The van der Waals surface area contributed by atoms with Gasteiger partial charge in [0.25, 0.3) is 0 Å². The summed E-state index contributed by atoms with van der Waals surface area (Å²) in [5.74, 6) is 1.24. The summed E-state index contributed by atoms with van der Waals surface area (Å²) < 4.78 is 0. The van der Waals surface area contributed by atoms with Crippen LogP contribution in [0.15, 0.2) is 29.2 Å². The Labute approximate surface area is 107 Å². The normalized spacial score (nSPS) is 21.5. The third-order valence-corrected chi connectivity index (χ3v) is 5.11. The summed E-state index contributed by atoms with van der Waals surface area (Å²) in [6.07, 6.45) is 3.43. The highest BCUT2D eigenvalue weighted by Gasteiger charge is 2.19. The van der Waals surface area contributed by atoms with Crippen molar-refractivity contribution in [3.8, 4) is 0 Å². The van der Waals surface area contributed by atoms with Crippen molar-refractivity contribution in [3.63, 3.8) is 0 Å². The van der Waals surface area contributed by atoms with Crippen LogP contribution in [0.1, 0.15) is 24.9 Å². The van der Waals surface area contributed by atoms with Gasteiger partial charge in [-0.2, -0.15) is 11.8 Å². The highest BCUT2D eigenvalue weighted by Crippen LogP contribution is 2.35. The van der Waals surface area contributed by atoms with Gasteiger partial charge >= 0.3 is 0 Å². The van der Waals surface area contributed by atoms with Gasteiger partial charge in [-0.05, 0) is 30.1 Å². The number of rotatable bonds is 4. The van der Waals surface area contributed by atoms with E-state index in [4.69, 9.17) is 0 Å². The molecule has 2 rings (SSSR count). The van der Waals surface area contributed by atoms with Crippen LogP contribution in [-0.4, -0.2) is 23.8 Å². The van der Waals surface area contributed by atoms with Crippen molar-refractivity contribution in [2.24, 2.45) is 0 Å². The second kappa shape index (κ2) is 5.99. The van der Waals surface area contributed by atoms with Gasteiger partial charge in [0.2, 0.25) is 0 Å². The molecule has 0 saturated carbocycles. The van der Waals surface area contributed by atoms with Crippen LogP contribution in [0.25, 0.3) is 0 Å². The summed E-state index contributed by atoms with van der Waals surface area (Å²) in [6, 6.07) is 9.36. The second-order valence-corrected chi connectivity index (χ2v) is 6.60. The largest absolute Gasteiger partial charge is 0.309 e. The van der Waals surface area contributed by atoms with Crippen LogP contribution >= 0.6 is 23.5 Å². The van der Waals surface area contributed by atoms with E-state index >= 15 is 0 Å². The van der Waals surface area contributed by atoms with E-state index in [1.807, 2.05) is 23.5 Å². The van der Waals surface area contributed by atoms with Gasteiger partial charge in [0.1, 0.15) is 0 Å². The molecule has 0 amide bonds. The van der Waals surface area contributed by atoms with Crippen molar-refractivity contribution >= 4 is 23.5 Å². The molecule has 1 N–H and O–H groups in total. The van der Waals surface area contributed by atoms with Crippen LogP contribution in [0.2, 0.25) is 0 Å². The summed E-state index contributed by atoms with van der Waals surface area (Å²) in [7, 11) is 0. The number of hydrogen-bond acceptors (Lipinski definition) is 3. The molecule has 0 saturated heterocycles. The average molecular weight is 253 g/mol. The standard InChI is InChI=1S/C13H19NS2/c1-10(15-2)9-14-12-7-8-16-13-6-4-3-5-11(12)13/h3-6,10,12,14H,7-9H2,1-2H3. The molecule has 0 aromatic heterocycles. The third-order valence-electron chi connectivity index (χ3n) is 3.01. The molecular weight excluding hydrogens is 234 g/mol. The Kier molecular flexibility index (Phi) is 4.62. The molecule has 0 radical (unpaired) electrons. The number of thioether (sulfide) groups is 2. The lowest BCUT2D eigenvalue weighted by atomic mass is 10.0. The quantitative estimate of drug-likeness (QED) is 0.881. The maximum atomic E-state index is 3.69. The van der Waals surface area contributed by atoms with Gasteiger partial charge in [0.15, 0.2) is 0 Å². The molecule has 1 aliphatic rings. The van der Waals surface area contributed by atoms with Crippen LogP contribution in [0.4, 0.5) is 0 Å². The van der Waals surface area contributed by atoms with E-state index in [-0.39, 0.29) is 0 Å². The smallest absolute Gasteiger partial charge is 0.0339 e. The van der Waals surface area contributed by atoms with Gasteiger partial charge in [-0.15, -0.1) is 11.8 Å². The van der Waals surface area contributed by atoms with E-state index in [9.17, 15) is 0 Å². The van der Waals surface area contributed by atoms with Gasteiger partial charge in [-0.25, -0.2) is 0 Å². The average Bonchev–Trinajstić information content (AvgIpc) is 2.35. The maximum absolute atomic E-state index is 3.69. The molecule has 1 nitrogen and oxygen atoms in total. The zero-order valence-electron chi connectivity index (χ0n) is 9.90. The molecule has 1 aromatic carbocycles. The fourth-order valence-corrected chi connectivity index (χ4v) is 3.33. The lowest BCUT2D eigenvalue weighted by Gasteiger charge is -2.27. The van der Waals surface area contributed by atoms with Gasteiger partial charge in [0, 0.05) is 22.7 Å². The Morgan fingerprint density at radius 3 is 3.12 bits per heavy atom. The molecule has 0 aliphatic carbocycles. The van der Waals surface area contributed by atoms with E-state index in [0.717, 1.165) is 6.54 Å². The Morgan fingerprint density at radius 1 is 1.50 bits per heavy atom. The Bertz CT molecular complexity index is 340. The Hall–Kier alpha value is -0.120. The predicted octanol–water partition coefficient (Wildman–Crippen LogP) is 3.56. The third kappa shape index (κ3) is 2.96. The first-order valence-corrected chi connectivity index (χ1v) is 8.06. The second-order valence-electron chi connectivity index (χ2n) is 4.18. The van der Waals surface area contributed by atoms with E-state index in [2.05, 4.69) is 42.8 Å². The van der Waals surface area contributed by atoms with Crippen LogP contribution in [0.3, 0.4) is 0 Å². The lowest BCUT2D eigenvalue weighted by Crippen LogP contribution is -2.29. The molecule has 0 spiro atoms. The van der Waals surface area contributed by atoms with Crippen molar-refractivity contribution in [3.05, 3.63) is 29.8 Å². The lowest BCUT2D eigenvalue weighted by molar-refractivity contribution is 0.513. The number of benzene rings is 1. The number of fused-ring (bicyclic) bond motifs is 1. The van der Waals surface area contributed by atoms with Crippen molar-refractivity contribution in [2.45, 2.75) is 29.5 Å². The van der Waals surface area contributed by atoms with E-state index in [1.165, 1.54) is 22.6 Å². The van der Waals surface area contributed by atoms with Crippen LogP contribution in [0, 0.1) is 0 Å². The van der Waals surface area contributed by atoms with Crippen molar-refractivity contribution < 1.29 is 0 Å². The summed E-state index contributed by atoms with van der Waals surface area (Å²) in [6.45, 7) is 3.38. The van der Waals surface area contributed by atoms with Crippen molar-refractivity contribution in [2.75, 3.05) is 18.6 Å². The van der Waals surface area contributed by atoms with Crippen molar-refractivity contribution in [1.29, 1.82) is 0 Å². The number of nitrogens with one attached hydrogen (secondary N) is 1. The molecule has 1 aliphatic heterocycles. The SMILES string of the molecule is CSC(C)CNC1CCSc2ccccc21. The van der Waals surface area contributed by atoms with Gasteiger partial charge < -0.3 is 5.32 Å². The van der Waals surface area contributed by atoms with Gasteiger partial charge in [0.05, 0.1) is 0 Å². The van der Waals surface area contributed by atoms with Crippen LogP contribution in [0.5, 0.6) is 0 Å². The van der Waals surface area contributed by atoms with Crippen LogP contribution in [-0.2, 0) is 0 Å².